The zero-order valence-corrected chi connectivity index (χ0v) is 18.3. The Balaban J connectivity index is 1.84. The number of aromatic nitrogens is 2. The van der Waals surface area contributed by atoms with Gasteiger partial charge in [-0.3, -0.25) is 9.48 Å². The maximum Gasteiger partial charge on any atom is 0.387 e. The Morgan fingerprint density at radius 1 is 1.20 bits per heavy atom. The van der Waals surface area contributed by atoms with E-state index in [9.17, 15) is 13.6 Å². The van der Waals surface area contributed by atoms with Crippen LogP contribution in [-0.4, -0.2) is 36.0 Å². The zero-order chi connectivity index (χ0) is 22.3. The average Bonchev–Trinajstić information content (AvgIpc) is 2.93. The molecule has 1 aromatic heterocycles. The molecule has 0 unspecified atom stereocenters. The number of rotatable bonds is 11. The Hall–Kier alpha value is -2.64. The molecule has 0 aliphatic rings. The Morgan fingerprint density at radius 3 is 2.57 bits per heavy atom. The van der Waals surface area contributed by atoms with E-state index in [1.165, 1.54) is 13.2 Å². The number of benzene rings is 1. The number of alkyl halides is 2. The van der Waals surface area contributed by atoms with E-state index in [2.05, 4.69) is 29.0 Å². The van der Waals surface area contributed by atoms with Crippen molar-refractivity contribution in [3.63, 3.8) is 0 Å². The van der Waals surface area contributed by atoms with Gasteiger partial charge < -0.3 is 14.8 Å². The molecule has 8 heteroatoms. The van der Waals surface area contributed by atoms with Gasteiger partial charge in [0.25, 0.3) is 0 Å². The first-order valence-electron chi connectivity index (χ1n) is 10.1. The predicted molar refractivity (Wildman–Crippen MR) is 111 cm³/mol. The lowest BCUT2D eigenvalue weighted by atomic mass is 10.1. The van der Waals surface area contributed by atoms with E-state index in [1.807, 2.05) is 18.5 Å². The molecule has 0 saturated carbocycles. The van der Waals surface area contributed by atoms with E-state index in [4.69, 9.17) is 4.74 Å². The van der Waals surface area contributed by atoms with Gasteiger partial charge in [-0.1, -0.05) is 19.9 Å². The number of carbonyl (C=O) groups is 1. The van der Waals surface area contributed by atoms with E-state index in [1.54, 1.807) is 12.1 Å². The van der Waals surface area contributed by atoms with E-state index in [0.717, 1.165) is 29.1 Å². The highest BCUT2D eigenvalue weighted by molar-refractivity contribution is 5.76. The summed E-state index contributed by atoms with van der Waals surface area (Å²) in [5.41, 5.74) is 4.08. The van der Waals surface area contributed by atoms with E-state index < -0.39 is 6.61 Å². The molecular formula is C22H31F2N3O3. The Kier molecular flexibility index (Phi) is 8.62. The van der Waals surface area contributed by atoms with Crippen LogP contribution >= 0.6 is 0 Å². The third kappa shape index (κ3) is 6.71. The minimum atomic E-state index is -2.91. The molecule has 6 nitrogen and oxygen atoms in total. The van der Waals surface area contributed by atoms with Gasteiger partial charge in [-0.15, -0.1) is 0 Å². The van der Waals surface area contributed by atoms with Crippen molar-refractivity contribution in [3.8, 4) is 11.5 Å². The third-order valence-corrected chi connectivity index (χ3v) is 4.85. The fraction of sp³-hybridized carbons (Fsp3) is 0.545. The van der Waals surface area contributed by atoms with Crippen LogP contribution in [0.1, 0.15) is 42.8 Å². The smallest absolute Gasteiger partial charge is 0.387 e. The molecule has 0 saturated heterocycles. The zero-order valence-electron chi connectivity index (χ0n) is 18.3. The molecule has 0 spiro atoms. The Morgan fingerprint density at radius 2 is 1.93 bits per heavy atom. The van der Waals surface area contributed by atoms with Gasteiger partial charge in [0.05, 0.1) is 12.8 Å². The van der Waals surface area contributed by atoms with Crippen molar-refractivity contribution in [2.24, 2.45) is 5.92 Å². The van der Waals surface area contributed by atoms with E-state index >= 15 is 0 Å². The average molecular weight is 424 g/mol. The van der Waals surface area contributed by atoms with Gasteiger partial charge in [-0.2, -0.15) is 13.9 Å². The minimum Gasteiger partial charge on any atom is -0.493 e. The highest BCUT2D eigenvalue weighted by atomic mass is 19.3. The highest BCUT2D eigenvalue weighted by Crippen LogP contribution is 2.29. The maximum absolute atomic E-state index is 12.4. The quantitative estimate of drug-likeness (QED) is 0.592. The second kappa shape index (κ2) is 10.9. The van der Waals surface area contributed by atoms with Crippen molar-refractivity contribution in [1.82, 2.24) is 15.1 Å². The van der Waals surface area contributed by atoms with Gasteiger partial charge >= 0.3 is 6.61 Å². The van der Waals surface area contributed by atoms with Crippen LogP contribution in [0.4, 0.5) is 8.78 Å². The molecule has 0 radical (unpaired) electrons. The van der Waals surface area contributed by atoms with E-state index in [0.29, 0.717) is 31.7 Å². The fourth-order valence-corrected chi connectivity index (χ4v) is 3.35. The summed E-state index contributed by atoms with van der Waals surface area (Å²) in [6.45, 7) is 6.73. The topological polar surface area (TPSA) is 65.4 Å². The summed E-state index contributed by atoms with van der Waals surface area (Å²) < 4.78 is 36.3. The van der Waals surface area contributed by atoms with Gasteiger partial charge in [-0.25, -0.2) is 0 Å². The molecule has 30 heavy (non-hydrogen) atoms. The largest absolute Gasteiger partial charge is 0.493 e. The lowest BCUT2D eigenvalue weighted by Gasteiger charge is -2.12. The van der Waals surface area contributed by atoms with Crippen LogP contribution < -0.4 is 14.8 Å². The van der Waals surface area contributed by atoms with Crippen molar-refractivity contribution in [2.75, 3.05) is 13.7 Å². The SMILES string of the molecule is COc1cc(CCNC(=O)CCc2c(C)nn(CC(C)C)c2C)ccc1OC(F)F. The molecular weight excluding hydrogens is 392 g/mol. The molecule has 0 fully saturated rings. The predicted octanol–water partition coefficient (Wildman–Crippen LogP) is 4.06. The number of hydrogen-bond acceptors (Lipinski definition) is 4. The number of carbonyl (C=O) groups excluding carboxylic acids is 1. The molecule has 0 atom stereocenters. The summed E-state index contributed by atoms with van der Waals surface area (Å²) in [6.07, 6.45) is 1.59. The van der Waals surface area contributed by atoms with Crippen molar-refractivity contribution in [3.05, 3.63) is 40.7 Å². The summed E-state index contributed by atoms with van der Waals surface area (Å²) in [7, 11) is 1.40. The molecule has 1 N–H and O–H groups in total. The first-order chi connectivity index (χ1) is 14.2. The lowest BCUT2D eigenvalue weighted by Crippen LogP contribution is -2.26. The summed E-state index contributed by atoms with van der Waals surface area (Å²) in [5, 5.41) is 7.49. The van der Waals surface area contributed by atoms with Crippen LogP contribution in [-0.2, 0) is 24.2 Å². The molecule has 2 rings (SSSR count). The first-order valence-corrected chi connectivity index (χ1v) is 10.1. The number of amides is 1. The number of ether oxygens (including phenoxy) is 2. The van der Waals surface area contributed by atoms with Gasteiger partial charge in [-0.05, 0) is 55.9 Å². The second-order valence-electron chi connectivity index (χ2n) is 7.69. The summed E-state index contributed by atoms with van der Waals surface area (Å²) in [4.78, 5) is 12.2. The lowest BCUT2D eigenvalue weighted by molar-refractivity contribution is -0.121. The van der Waals surface area contributed by atoms with Crippen LogP contribution in [0, 0.1) is 19.8 Å². The summed E-state index contributed by atoms with van der Waals surface area (Å²) in [6, 6.07) is 4.77. The van der Waals surface area contributed by atoms with Crippen molar-refractivity contribution < 1.29 is 23.0 Å². The van der Waals surface area contributed by atoms with Gasteiger partial charge in [0.1, 0.15) is 0 Å². The molecule has 0 aliphatic carbocycles. The summed E-state index contributed by atoms with van der Waals surface area (Å²) in [5.74, 6) is 0.705. The van der Waals surface area contributed by atoms with E-state index in [-0.39, 0.29) is 17.4 Å². The molecule has 166 valence electrons. The van der Waals surface area contributed by atoms with Crippen molar-refractivity contribution in [1.29, 1.82) is 0 Å². The maximum atomic E-state index is 12.4. The van der Waals surface area contributed by atoms with Crippen LogP contribution in [0.3, 0.4) is 0 Å². The van der Waals surface area contributed by atoms with Gasteiger partial charge in [0.2, 0.25) is 5.91 Å². The molecule has 0 bridgehead atoms. The molecule has 2 aromatic rings. The van der Waals surface area contributed by atoms with Gasteiger partial charge in [0.15, 0.2) is 11.5 Å². The normalized spacial score (nSPS) is 11.2. The fourth-order valence-electron chi connectivity index (χ4n) is 3.35. The van der Waals surface area contributed by atoms with Crippen LogP contribution in [0.5, 0.6) is 11.5 Å². The third-order valence-electron chi connectivity index (χ3n) is 4.85. The monoisotopic (exact) mass is 423 g/mol. The van der Waals surface area contributed by atoms with Gasteiger partial charge in [0, 0.05) is 25.2 Å². The number of halogens is 2. The molecule has 0 aliphatic heterocycles. The second-order valence-corrected chi connectivity index (χ2v) is 7.69. The Bertz CT molecular complexity index is 850. The number of aryl methyl sites for hydroxylation is 1. The standard InChI is InChI=1S/C22H31F2N3O3/c1-14(2)13-27-16(4)18(15(3)26-27)7-9-21(28)25-11-10-17-6-8-19(30-22(23)24)20(12-17)29-5/h6,8,12,14,22H,7,9-11,13H2,1-5H3,(H,25,28). The first kappa shape index (κ1) is 23.6. The molecule has 1 heterocycles. The van der Waals surface area contributed by atoms with Crippen molar-refractivity contribution in [2.45, 2.75) is 60.1 Å². The number of nitrogens with zero attached hydrogens (tertiary/aromatic N) is 2. The molecule has 1 aromatic carbocycles. The number of methoxy groups -OCH3 is 1. The highest BCUT2D eigenvalue weighted by Gasteiger charge is 2.14. The van der Waals surface area contributed by atoms with Crippen LogP contribution in [0.2, 0.25) is 0 Å². The number of hydrogen-bond donors (Lipinski definition) is 1. The Labute approximate surface area is 176 Å². The van der Waals surface area contributed by atoms with Crippen LogP contribution in [0.25, 0.3) is 0 Å². The minimum absolute atomic E-state index is 0.0101. The van der Waals surface area contributed by atoms with Crippen molar-refractivity contribution >= 4 is 5.91 Å². The number of nitrogens with one attached hydrogen (secondary N) is 1. The summed E-state index contributed by atoms with van der Waals surface area (Å²) >= 11 is 0. The van der Waals surface area contributed by atoms with Crippen LogP contribution in [0.15, 0.2) is 18.2 Å². The molecule has 1 amide bonds.